The second-order valence-corrected chi connectivity index (χ2v) is 3.06. The van der Waals surface area contributed by atoms with Gasteiger partial charge in [-0.05, 0) is 12.5 Å². The topological polar surface area (TPSA) is 77.2 Å². The Morgan fingerprint density at radius 3 is 3.07 bits per heavy atom. The number of carbonyl (C=O) groups is 1. The number of rotatable bonds is 6. The Morgan fingerprint density at radius 1 is 1.60 bits per heavy atom. The number of methoxy groups -OCH3 is 1. The molecule has 3 N–H and O–H groups in total. The zero-order valence-corrected chi connectivity index (χ0v) is 8.69. The van der Waals surface area contributed by atoms with E-state index in [9.17, 15) is 4.79 Å². The van der Waals surface area contributed by atoms with Crippen molar-refractivity contribution in [3.8, 4) is 5.88 Å². The molecule has 0 aliphatic carbocycles. The average Bonchev–Trinajstić information content (AvgIpc) is 2.24. The van der Waals surface area contributed by atoms with Crippen molar-refractivity contribution in [1.29, 1.82) is 0 Å². The summed E-state index contributed by atoms with van der Waals surface area (Å²) in [6, 6.07) is 5.46. The summed E-state index contributed by atoms with van der Waals surface area (Å²) in [4.78, 5) is 14.6. The number of amides is 1. The van der Waals surface area contributed by atoms with E-state index in [2.05, 4.69) is 10.3 Å². The maximum Gasteiger partial charge on any atom is 0.217 e. The van der Waals surface area contributed by atoms with Crippen LogP contribution in [0.3, 0.4) is 0 Å². The first-order valence-corrected chi connectivity index (χ1v) is 4.75. The smallest absolute Gasteiger partial charge is 0.217 e. The molecule has 0 aliphatic heterocycles. The van der Waals surface area contributed by atoms with Gasteiger partial charge in [0.15, 0.2) is 0 Å². The van der Waals surface area contributed by atoms with Gasteiger partial charge in [0.2, 0.25) is 11.8 Å². The molecule has 1 aromatic heterocycles. The third-order valence-corrected chi connectivity index (χ3v) is 1.84. The Morgan fingerprint density at radius 2 is 2.40 bits per heavy atom. The normalized spacial score (nSPS) is 9.67. The average molecular weight is 209 g/mol. The van der Waals surface area contributed by atoms with Crippen LogP contribution in [0, 0.1) is 0 Å². The Labute approximate surface area is 88.6 Å². The number of nitrogens with zero attached hydrogens (tertiary/aromatic N) is 1. The minimum Gasteiger partial charge on any atom is -0.481 e. The Hall–Kier alpha value is -1.78. The van der Waals surface area contributed by atoms with E-state index in [1.807, 2.05) is 12.1 Å². The van der Waals surface area contributed by atoms with E-state index < -0.39 is 0 Å². The van der Waals surface area contributed by atoms with Gasteiger partial charge in [-0.25, -0.2) is 0 Å². The van der Waals surface area contributed by atoms with Crippen LogP contribution in [0.2, 0.25) is 0 Å². The summed E-state index contributed by atoms with van der Waals surface area (Å²) in [5.41, 5.74) is 5.02. The first-order chi connectivity index (χ1) is 7.22. The standard InChI is InChI=1S/C10H15N3O2/c1-15-10-6-2-5-9(13-10)12-7-3-4-8(11)14/h2,5-6H,3-4,7H2,1H3,(H2,11,14)(H,12,13). The lowest BCUT2D eigenvalue weighted by atomic mass is 10.3. The number of nitrogens with one attached hydrogen (secondary N) is 1. The van der Waals surface area contributed by atoms with Crippen molar-refractivity contribution in [2.75, 3.05) is 19.0 Å². The number of anilines is 1. The van der Waals surface area contributed by atoms with Gasteiger partial charge in [0.05, 0.1) is 7.11 Å². The lowest BCUT2D eigenvalue weighted by Crippen LogP contribution is -2.13. The molecule has 15 heavy (non-hydrogen) atoms. The summed E-state index contributed by atoms with van der Waals surface area (Å²) in [5, 5.41) is 3.08. The highest BCUT2D eigenvalue weighted by Gasteiger charge is 1.97. The fraction of sp³-hybridized carbons (Fsp3) is 0.400. The molecule has 5 heteroatoms. The fourth-order valence-electron chi connectivity index (χ4n) is 1.11. The molecule has 82 valence electrons. The van der Waals surface area contributed by atoms with E-state index in [0.717, 1.165) is 5.82 Å². The van der Waals surface area contributed by atoms with Crippen LogP contribution in [-0.4, -0.2) is 24.5 Å². The van der Waals surface area contributed by atoms with Crippen molar-refractivity contribution in [3.05, 3.63) is 18.2 Å². The molecule has 0 saturated heterocycles. The minimum atomic E-state index is -0.282. The van der Waals surface area contributed by atoms with Gasteiger partial charge in [-0.2, -0.15) is 4.98 Å². The molecule has 1 rings (SSSR count). The van der Waals surface area contributed by atoms with Gasteiger partial charge in [0.25, 0.3) is 0 Å². The van der Waals surface area contributed by atoms with E-state index in [1.54, 1.807) is 13.2 Å². The highest BCUT2D eigenvalue weighted by Crippen LogP contribution is 2.10. The third-order valence-electron chi connectivity index (χ3n) is 1.84. The Bertz CT molecular complexity index is 328. The largest absolute Gasteiger partial charge is 0.481 e. The summed E-state index contributed by atoms with van der Waals surface area (Å²) in [7, 11) is 1.57. The van der Waals surface area contributed by atoms with Gasteiger partial charge < -0.3 is 15.8 Å². The van der Waals surface area contributed by atoms with E-state index in [0.29, 0.717) is 25.3 Å². The molecule has 0 atom stereocenters. The van der Waals surface area contributed by atoms with Crippen LogP contribution in [0.25, 0.3) is 0 Å². The Kier molecular flexibility index (Phi) is 4.40. The molecule has 0 spiro atoms. The molecular formula is C10H15N3O2. The third kappa shape index (κ3) is 4.30. The molecule has 1 aromatic rings. The Balaban J connectivity index is 2.33. The SMILES string of the molecule is COc1cccc(NCCCC(N)=O)n1. The first kappa shape index (κ1) is 11.3. The van der Waals surface area contributed by atoms with Gasteiger partial charge in [-0.3, -0.25) is 4.79 Å². The van der Waals surface area contributed by atoms with Crippen LogP contribution < -0.4 is 15.8 Å². The fourth-order valence-corrected chi connectivity index (χ4v) is 1.11. The van der Waals surface area contributed by atoms with Crippen molar-refractivity contribution >= 4 is 11.7 Å². The monoisotopic (exact) mass is 209 g/mol. The summed E-state index contributed by atoms with van der Waals surface area (Å²) >= 11 is 0. The second-order valence-electron chi connectivity index (χ2n) is 3.06. The summed E-state index contributed by atoms with van der Waals surface area (Å²) < 4.78 is 4.97. The van der Waals surface area contributed by atoms with Crippen LogP contribution in [0.4, 0.5) is 5.82 Å². The molecular weight excluding hydrogens is 194 g/mol. The molecule has 0 fully saturated rings. The van der Waals surface area contributed by atoms with Crippen LogP contribution in [0.5, 0.6) is 5.88 Å². The second kappa shape index (κ2) is 5.85. The van der Waals surface area contributed by atoms with Gasteiger partial charge in [-0.1, -0.05) is 6.07 Å². The zero-order chi connectivity index (χ0) is 11.1. The number of primary amides is 1. The molecule has 1 heterocycles. The van der Waals surface area contributed by atoms with E-state index in [1.165, 1.54) is 0 Å². The molecule has 0 aliphatic rings. The summed E-state index contributed by atoms with van der Waals surface area (Å²) in [5.74, 6) is 1.02. The minimum absolute atomic E-state index is 0.282. The molecule has 5 nitrogen and oxygen atoms in total. The van der Waals surface area contributed by atoms with Gasteiger partial charge in [0.1, 0.15) is 5.82 Å². The lowest BCUT2D eigenvalue weighted by Gasteiger charge is -2.05. The molecule has 1 amide bonds. The predicted molar refractivity (Wildman–Crippen MR) is 57.7 cm³/mol. The maximum atomic E-state index is 10.5. The van der Waals surface area contributed by atoms with Gasteiger partial charge >= 0.3 is 0 Å². The van der Waals surface area contributed by atoms with Gasteiger partial charge in [0, 0.05) is 19.0 Å². The molecule has 0 bridgehead atoms. The highest BCUT2D eigenvalue weighted by atomic mass is 16.5. The molecule has 0 aromatic carbocycles. The number of pyridine rings is 1. The molecule has 0 unspecified atom stereocenters. The van der Waals surface area contributed by atoms with E-state index in [4.69, 9.17) is 10.5 Å². The van der Waals surface area contributed by atoms with Crippen molar-refractivity contribution in [2.45, 2.75) is 12.8 Å². The lowest BCUT2D eigenvalue weighted by molar-refractivity contribution is -0.118. The van der Waals surface area contributed by atoms with E-state index >= 15 is 0 Å². The van der Waals surface area contributed by atoms with Crippen LogP contribution in [0.1, 0.15) is 12.8 Å². The molecule has 0 saturated carbocycles. The van der Waals surface area contributed by atoms with Gasteiger partial charge in [-0.15, -0.1) is 0 Å². The maximum absolute atomic E-state index is 10.5. The zero-order valence-electron chi connectivity index (χ0n) is 8.69. The summed E-state index contributed by atoms with van der Waals surface area (Å²) in [6.07, 6.45) is 1.09. The van der Waals surface area contributed by atoms with Crippen LogP contribution >= 0.6 is 0 Å². The van der Waals surface area contributed by atoms with E-state index in [-0.39, 0.29) is 5.91 Å². The van der Waals surface area contributed by atoms with Crippen molar-refractivity contribution < 1.29 is 9.53 Å². The number of aromatic nitrogens is 1. The summed E-state index contributed by atoms with van der Waals surface area (Å²) in [6.45, 7) is 0.670. The quantitative estimate of drug-likeness (QED) is 0.678. The number of hydrogen-bond acceptors (Lipinski definition) is 4. The first-order valence-electron chi connectivity index (χ1n) is 4.75. The predicted octanol–water partition coefficient (Wildman–Crippen LogP) is 0.768. The highest BCUT2D eigenvalue weighted by molar-refractivity contribution is 5.73. The number of ether oxygens (including phenoxy) is 1. The molecule has 0 radical (unpaired) electrons. The van der Waals surface area contributed by atoms with Crippen LogP contribution in [0.15, 0.2) is 18.2 Å². The van der Waals surface area contributed by atoms with Crippen molar-refractivity contribution in [1.82, 2.24) is 4.98 Å². The number of hydrogen-bond donors (Lipinski definition) is 2. The number of carbonyl (C=O) groups excluding carboxylic acids is 1. The number of nitrogens with two attached hydrogens (primary N) is 1. The van der Waals surface area contributed by atoms with Crippen molar-refractivity contribution in [2.24, 2.45) is 5.73 Å². The van der Waals surface area contributed by atoms with Crippen LogP contribution in [-0.2, 0) is 4.79 Å². The van der Waals surface area contributed by atoms with Crippen molar-refractivity contribution in [3.63, 3.8) is 0 Å².